The lowest BCUT2D eigenvalue weighted by atomic mass is 10.2. The van der Waals surface area contributed by atoms with Crippen LogP contribution >= 0.6 is 39.9 Å². The first-order valence-corrected chi connectivity index (χ1v) is 8.97. The van der Waals surface area contributed by atoms with Crippen molar-refractivity contribution in [3.8, 4) is 0 Å². The summed E-state index contributed by atoms with van der Waals surface area (Å²) in [5.41, 5.74) is 3.53. The van der Waals surface area contributed by atoms with Gasteiger partial charge in [0.1, 0.15) is 0 Å². The van der Waals surface area contributed by atoms with Crippen molar-refractivity contribution in [1.82, 2.24) is 20.0 Å². The van der Waals surface area contributed by atoms with E-state index < -0.39 is 0 Å². The third-order valence-corrected chi connectivity index (χ3v) is 4.65. The van der Waals surface area contributed by atoms with Crippen LogP contribution in [0.4, 0.5) is 0 Å². The minimum atomic E-state index is 0. The predicted octanol–water partition coefficient (Wildman–Crippen LogP) is 3.98. The topological polar surface area (TPSA) is 45.5 Å². The number of halogens is 2. The van der Waals surface area contributed by atoms with Gasteiger partial charge in [0, 0.05) is 43.9 Å². The van der Waals surface area contributed by atoms with E-state index in [9.17, 15) is 0 Å². The first kappa shape index (κ1) is 22.0. The fourth-order valence-electron chi connectivity index (χ4n) is 2.67. The molecular formula is C18H27BrIN5. The smallest absolute Gasteiger partial charge is 0.193 e. The number of guanidine groups is 1. The molecule has 0 saturated carbocycles. The van der Waals surface area contributed by atoms with Gasteiger partial charge in [0.15, 0.2) is 5.96 Å². The molecule has 0 amide bonds. The zero-order chi connectivity index (χ0) is 17.5. The summed E-state index contributed by atoms with van der Waals surface area (Å²) in [7, 11) is 3.87. The third kappa shape index (κ3) is 6.62. The van der Waals surface area contributed by atoms with Gasteiger partial charge in [0.2, 0.25) is 0 Å². The minimum absolute atomic E-state index is 0. The summed E-state index contributed by atoms with van der Waals surface area (Å²) in [5, 5.41) is 7.92. The number of aliphatic imine (C=N–C) groups is 1. The molecule has 0 saturated heterocycles. The fraction of sp³-hybridized carbons (Fsp3) is 0.444. The number of aryl methyl sites for hydroxylation is 3. The van der Waals surface area contributed by atoms with E-state index in [4.69, 9.17) is 0 Å². The van der Waals surface area contributed by atoms with Gasteiger partial charge in [0.25, 0.3) is 0 Å². The van der Waals surface area contributed by atoms with Crippen molar-refractivity contribution in [3.63, 3.8) is 0 Å². The van der Waals surface area contributed by atoms with Gasteiger partial charge in [-0.05, 0) is 38.0 Å². The van der Waals surface area contributed by atoms with Crippen LogP contribution in [0.3, 0.4) is 0 Å². The second kappa shape index (κ2) is 10.8. The molecule has 7 heteroatoms. The van der Waals surface area contributed by atoms with Gasteiger partial charge in [0.05, 0.1) is 5.69 Å². The maximum atomic E-state index is 4.49. The van der Waals surface area contributed by atoms with Crippen LogP contribution < -0.4 is 5.32 Å². The van der Waals surface area contributed by atoms with E-state index in [0.29, 0.717) is 0 Å². The van der Waals surface area contributed by atoms with Gasteiger partial charge in [-0.3, -0.25) is 9.67 Å². The third-order valence-electron chi connectivity index (χ3n) is 3.87. The molecule has 1 aromatic heterocycles. The summed E-state index contributed by atoms with van der Waals surface area (Å²) in [4.78, 5) is 6.50. The molecular weight excluding hydrogens is 493 g/mol. The van der Waals surface area contributed by atoms with Crippen LogP contribution in [0.2, 0.25) is 0 Å². The van der Waals surface area contributed by atoms with Crippen molar-refractivity contribution in [3.05, 3.63) is 51.8 Å². The van der Waals surface area contributed by atoms with Crippen LogP contribution in [-0.2, 0) is 13.1 Å². The minimum Gasteiger partial charge on any atom is -0.356 e. The molecule has 1 N–H and O–H groups in total. The highest BCUT2D eigenvalue weighted by molar-refractivity contribution is 14.0. The molecule has 0 bridgehead atoms. The van der Waals surface area contributed by atoms with Gasteiger partial charge >= 0.3 is 0 Å². The standard InChI is InChI=1S/C18H26BrN5.HI/c1-14-12-15(2)24(22-14)11-7-10-21-18(20-3)23(4)13-16-8-5-6-9-17(16)19;/h5-6,8-9,12H,7,10-11,13H2,1-4H3,(H,20,21);1H. The zero-order valence-electron chi connectivity index (χ0n) is 15.3. The summed E-state index contributed by atoms with van der Waals surface area (Å²) < 4.78 is 3.18. The average molecular weight is 520 g/mol. The fourth-order valence-corrected chi connectivity index (χ4v) is 3.08. The average Bonchev–Trinajstić information content (AvgIpc) is 2.87. The van der Waals surface area contributed by atoms with Crippen LogP contribution in [0.1, 0.15) is 23.4 Å². The first-order chi connectivity index (χ1) is 11.5. The molecule has 0 aliphatic carbocycles. The van der Waals surface area contributed by atoms with Crippen molar-refractivity contribution >= 4 is 45.9 Å². The Balaban J connectivity index is 0.00000312. The Hall–Kier alpha value is -1.09. The van der Waals surface area contributed by atoms with E-state index in [1.54, 1.807) is 0 Å². The molecule has 1 heterocycles. The van der Waals surface area contributed by atoms with Gasteiger partial charge in [-0.2, -0.15) is 5.10 Å². The van der Waals surface area contributed by atoms with Gasteiger partial charge < -0.3 is 10.2 Å². The second-order valence-corrected chi connectivity index (χ2v) is 6.78. The molecule has 0 aliphatic rings. The van der Waals surface area contributed by atoms with Crippen LogP contribution in [0, 0.1) is 13.8 Å². The lowest BCUT2D eigenvalue weighted by Gasteiger charge is -2.22. The summed E-state index contributed by atoms with van der Waals surface area (Å²) in [5.74, 6) is 0.902. The van der Waals surface area contributed by atoms with Crippen molar-refractivity contribution in [2.24, 2.45) is 4.99 Å². The summed E-state index contributed by atoms with van der Waals surface area (Å²) in [6.07, 6.45) is 1.00. The molecule has 0 aliphatic heterocycles. The van der Waals surface area contributed by atoms with E-state index >= 15 is 0 Å². The van der Waals surface area contributed by atoms with Gasteiger partial charge in [-0.25, -0.2) is 0 Å². The Morgan fingerprint density at radius 3 is 2.64 bits per heavy atom. The Kier molecular flexibility index (Phi) is 9.48. The Labute approximate surface area is 176 Å². The lowest BCUT2D eigenvalue weighted by Crippen LogP contribution is -2.39. The second-order valence-electron chi connectivity index (χ2n) is 5.93. The summed E-state index contributed by atoms with van der Waals surface area (Å²) in [6.45, 7) is 6.71. The highest BCUT2D eigenvalue weighted by Gasteiger charge is 2.08. The number of aromatic nitrogens is 2. The van der Waals surface area contributed by atoms with E-state index in [1.807, 2.05) is 20.0 Å². The molecule has 0 atom stereocenters. The van der Waals surface area contributed by atoms with Gasteiger partial charge in [-0.15, -0.1) is 24.0 Å². The van der Waals surface area contributed by atoms with E-state index in [2.05, 4.69) is 79.2 Å². The molecule has 0 radical (unpaired) electrons. The monoisotopic (exact) mass is 519 g/mol. The van der Waals surface area contributed by atoms with Crippen molar-refractivity contribution in [2.45, 2.75) is 33.4 Å². The highest BCUT2D eigenvalue weighted by atomic mass is 127. The van der Waals surface area contributed by atoms with E-state index in [-0.39, 0.29) is 24.0 Å². The van der Waals surface area contributed by atoms with Crippen LogP contribution in [0.5, 0.6) is 0 Å². The molecule has 1 aromatic carbocycles. The number of nitrogens with zero attached hydrogens (tertiary/aromatic N) is 4. The van der Waals surface area contributed by atoms with Crippen LogP contribution in [-0.4, -0.2) is 41.3 Å². The van der Waals surface area contributed by atoms with Gasteiger partial charge in [-0.1, -0.05) is 34.1 Å². The SMILES string of the molecule is CN=C(NCCCn1nc(C)cc1C)N(C)Cc1ccccc1Br.I. The molecule has 2 aromatic rings. The molecule has 25 heavy (non-hydrogen) atoms. The quantitative estimate of drug-likeness (QED) is 0.272. The maximum absolute atomic E-state index is 4.49. The molecule has 0 fully saturated rings. The number of hydrogen-bond acceptors (Lipinski definition) is 2. The molecule has 2 rings (SSSR count). The highest BCUT2D eigenvalue weighted by Crippen LogP contribution is 2.17. The molecule has 0 unspecified atom stereocenters. The summed E-state index contributed by atoms with van der Waals surface area (Å²) >= 11 is 3.60. The van der Waals surface area contributed by atoms with Crippen LogP contribution in [0.15, 0.2) is 39.8 Å². The summed E-state index contributed by atoms with van der Waals surface area (Å²) in [6, 6.07) is 10.4. The Bertz CT molecular complexity index is 699. The lowest BCUT2D eigenvalue weighted by molar-refractivity contribution is 0.469. The first-order valence-electron chi connectivity index (χ1n) is 8.17. The van der Waals surface area contributed by atoms with E-state index in [1.165, 1.54) is 11.3 Å². The van der Waals surface area contributed by atoms with Crippen molar-refractivity contribution in [1.29, 1.82) is 0 Å². The normalized spacial score (nSPS) is 11.2. The molecule has 0 spiro atoms. The van der Waals surface area contributed by atoms with E-state index in [0.717, 1.165) is 42.2 Å². The Morgan fingerprint density at radius 2 is 2.04 bits per heavy atom. The Morgan fingerprint density at radius 1 is 1.32 bits per heavy atom. The molecule has 138 valence electrons. The predicted molar refractivity (Wildman–Crippen MR) is 119 cm³/mol. The zero-order valence-corrected chi connectivity index (χ0v) is 19.2. The van der Waals surface area contributed by atoms with Crippen molar-refractivity contribution in [2.75, 3.05) is 20.6 Å². The number of rotatable bonds is 6. The molecule has 5 nitrogen and oxygen atoms in total. The number of benzene rings is 1. The van der Waals surface area contributed by atoms with Crippen LogP contribution in [0.25, 0.3) is 0 Å². The number of nitrogens with one attached hydrogen (secondary N) is 1. The number of hydrogen-bond donors (Lipinski definition) is 1. The largest absolute Gasteiger partial charge is 0.356 e. The van der Waals surface area contributed by atoms with Crippen molar-refractivity contribution < 1.29 is 0 Å². The maximum Gasteiger partial charge on any atom is 0.193 e.